The van der Waals surface area contributed by atoms with E-state index in [0.717, 1.165) is 23.4 Å². The van der Waals surface area contributed by atoms with Gasteiger partial charge in [-0.3, -0.25) is 25.8 Å². The summed E-state index contributed by atoms with van der Waals surface area (Å²) in [6.07, 6.45) is 1.17. The molecule has 0 saturated heterocycles. The van der Waals surface area contributed by atoms with Crippen LogP contribution in [0, 0.1) is 22.9 Å². The molecule has 3 aromatic rings. The number of aryl methyl sites for hydroxylation is 1. The number of benzene rings is 2. The summed E-state index contributed by atoms with van der Waals surface area (Å²) >= 11 is 0. The fraction of sp³-hybridized carbons (Fsp3) is 0.150. The normalized spacial score (nSPS) is 10.4. The molecule has 10 heteroatoms. The highest BCUT2D eigenvalue weighted by Crippen LogP contribution is 2.35. The van der Waals surface area contributed by atoms with E-state index in [0.29, 0.717) is 6.54 Å². The van der Waals surface area contributed by atoms with Crippen LogP contribution in [0.1, 0.15) is 22.8 Å². The minimum absolute atomic E-state index is 0.0848. The summed E-state index contributed by atoms with van der Waals surface area (Å²) in [5, 5.41) is 11.8. The molecule has 0 radical (unpaired) electrons. The Balaban J connectivity index is 1.91. The number of carbonyl (C=O) groups is 1. The zero-order chi connectivity index (χ0) is 21.7. The molecule has 0 saturated carbocycles. The first-order valence-electron chi connectivity index (χ1n) is 9.06. The third kappa shape index (κ3) is 4.49. The summed E-state index contributed by atoms with van der Waals surface area (Å²) < 4.78 is 13.0. The predicted octanol–water partition coefficient (Wildman–Crippen LogP) is 3.75. The van der Waals surface area contributed by atoms with Crippen LogP contribution < -0.4 is 15.8 Å². The SMILES string of the molecule is CCN(c1cccc(C)c1)c1ncnc(NNC(=O)c2ccc(F)cc2)c1[N+](=O)[O-]. The Morgan fingerprint density at radius 1 is 1.20 bits per heavy atom. The molecule has 3 rings (SSSR count). The molecule has 1 heterocycles. The Hall–Kier alpha value is -4.08. The number of amides is 1. The van der Waals surface area contributed by atoms with Gasteiger partial charge >= 0.3 is 5.69 Å². The first kappa shape index (κ1) is 20.6. The summed E-state index contributed by atoms with van der Waals surface area (Å²) in [7, 11) is 0. The lowest BCUT2D eigenvalue weighted by atomic mass is 10.2. The van der Waals surface area contributed by atoms with E-state index < -0.39 is 16.6 Å². The highest BCUT2D eigenvalue weighted by Gasteiger charge is 2.27. The van der Waals surface area contributed by atoms with Crippen LogP contribution in [0.25, 0.3) is 0 Å². The van der Waals surface area contributed by atoms with Crippen molar-refractivity contribution in [3.8, 4) is 0 Å². The first-order valence-corrected chi connectivity index (χ1v) is 9.06. The molecule has 1 aromatic heterocycles. The molecule has 2 aromatic carbocycles. The summed E-state index contributed by atoms with van der Waals surface area (Å²) in [4.78, 5) is 33.1. The van der Waals surface area contributed by atoms with Gasteiger partial charge in [-0.15, -0.1) is 0 Å². The number of nitrogens with one attached hydrogen (secondary N) is 2. The molecule has 0 aliphatic carbocycles. The Labute approximate surface area is 171 Å². The van der Waals surface area contributed by atoms with Gasteiger partial charge in [0, 0.05) is 17.8 Å². The van der Waals surface area contributed by atoms with Crippen LogP contribution in [0.2, 0.25) is 0 Å². The van der Waals surface area contributed by atoms with Gasteiger partial charge in [0.1, 0.15) is 12.1 Å². The van der Waals surface area contributed by atoms with Gasteiger partial charge in [0.2, 0.25) is 11.6 Å². The van der Waals surface area contributed by atoms with E-state index in [-0.39, 0.29) is 22.9 Å². The summed E-state index contributed by atoms with van der Waals surface area (Å²) in [6.45, 7) is 4.18. The number of aromatic nitrogens is 2. The van der Waals surface area contributed by atoms with Gasteiger partial charge in [-0.2, -0.15) is 0 Å². The number of nitrogens with zero attached hydrogens (tertiary/aromatic N) is 4. The number of anilines is 3. The van der Waals surface area contributed by atoms with Gasteiger partial charge in [0.25, 0.3) is 5.91 Å². The number of hydrogen-bond donors (Lipinski definition) is 2. The lowest BCUT2D eigenvalue weighted by Gasteiger charge is -2.22. The highest BCUT2D eigenvalue weighted by atomic mass is 19.1. The average Bonchev–Trinajstić information content (AvgIpc) is 2.73. The molecule has 30 heavy (non-hydrogen) atoms. The zero-order valence-electron chi connectivity index (χ0n) is 16.3. The molecule has 0 aliphatic heterocycles. The maximum atomic E-state index is 13.0. The van der Waals surface area contributed by atoms with Crippen molar-refractivity contribution in [1.29, 1.82) is 0 Å². The van der Waals surface area contributed by atoms with E-state index >= 15 is 0 Å². The molecule has 0 unspecified atom stereocenters. The Kier molecular flexibility index (Phi) is 6.16. The van der Waals surface area contributed by atoms with Crippen LogP contribution in [-0.4, -0.2) is 27.3 Å². The smallest absolute Gasteiger partial charge is 0.321 e. The van der Waals surface area contributed by atoms with Gasteiger partial charge in [-0.25, -0.2) is 14.4 Å². The van der Waals surface area contributed by atoms with Gasteiger partial charge in [-0.1, -0.05) is 12.1 Å². The van der Waals surface area contributed by atoms with Crippen LogP contribution in [-0.2, 0) is 0 Å². The van der Waals surface area contributed by atoms with Crippen molar-refractivity contribution in [3.05, 3.63) is 81.9 Å². The average molecular weight is 410 g/mol. The molecule has 2 N–H and O–H groups in total. The maximum Gasteiger partial charge on any atom is 0.355 e. The minimum Gasteiger partial charge on any atom is -0.321 e. The van der Waals surface area contributed by atoms with Crippen molar-refractivity contribution in [2.24, 2.45) is 0 Å². The van der Waals surface area contributed by atoms with Crippen molar-refractivity contribution in [1.82, 2.24) is 15.4 Å². The van der Waals surface area contributed by atoms with Crippen molar-refractivity contribution in [3.63, 3.8) is 0 Å². The van der Waals surface area contributed by atoms with E-state index in [1.54, 1.807) is 4.90 Å². The topological polar surface area (TPSA) is 113 Å². The number of nitro groups is 1. The molecule has 0 aliphatic rings. The van der Waals surface area contributed by atoms with Crippen LogP contribution in [0.4, 0.5) is 27.4 Å². The summed E-state index contributed by atoms with van der Waals surface area (Å²) in [5.74, 6) is -1.17. The van der Waals surface area contributed by atoms with E-state index in [4.69, 9.17) is 0 Å². The Morgan fingerprint density at radius 3 is 2.57 bits per heavy atom. The maximum absolute atomic E-state index is 13.0. The molecular formula is C20H19FN6O3. The predicted molar refractivity (Wildman–Crippen MR) is 110 cm³/mol. The second-order valence-corrected chi connectivity index (χ2v) is 6.32. The first-order chi connectivity index (χ1) is 14.4. The minimum atomic E-state index is -0.611. The molecule has 1 amide bonds. The van der Waals surface area contributed by atoms with E-state index in [9.17, 15) is 19.3 Å². The number of carbonyl (C=O) groups excluding carboxylic acids is 1. The fourth-order valence-corrected chi connectivity index (χ4v) is 2.87. The van der Waals surface area contributed by atoms with Gasteiger partial charge < -0.3 is 4.90 Å². The van der Waals surface area contributed by atoms with Gasteiger partial charge in [0.15, 0.2) is 0 Å². The van der Waals surface area contributed by atoms with Crippen LogP contribution in [0.5, 0.6) is 0 Å². The monoisotopic (exact) mass is 410 g/mol. The summed E-state index contributed by atoms with van der Waals surface area (Å²) in [6, 6.07) is 12.4. The zero-order valence-corrected chi connectivity index (χ0v) is 16.3. The largest absolute Gasteiger partial charge is 0.355 e. The van der Waals surface area contributed by atoms with Crippen molar-refractivity contribution in [2.45, 2.75) is 13.8 Å². The molecule has 0 spiro atoms. The number of hydrogen-bond acceptors (Lipinski definition) is 7. The standard InChI is InChI=1S/C20H19FN6O3/c1-3-26(16-6-4-5-13(2)11-16)19-17(27(29)30)18(22-12-23-19)24-25-20(28)14-7-9-15(21)10-8-14/h4-12H,3H2,1-2H3,(H,25,28)(H,22,23,24). The Morgan fingerprint density at radius 2 is 1.93 bits per heavy atom. The van der Waals surface area contributed by atoms with Crippen molar-refractivity contribution in [2.75, 3.05) is 16.9 Å². The van der Waals surface area contributed by atoms with Crippen LogP contribution in [0.3, 0.4) is 0 Å². The van der Waals surface area contributed by atoms with E-state index in [1.165, 1.54) is 18.5 Å². The second-order valence-electron chi connectivity index (χ2n) is 6.32. The van der Waals surface area contributed by atoms with E-state index in [1.807, 2.05) is 38.1 Å². The number of rotatable bonds is 7. The molecule has 0 fully saturated rings. The van der Waals surface area contributed by atoms with Crippen molar-refractivity contribution >= 4 is 28.9 Å². The molecule has 0 atom stereocenters. The lowest BCUT2D eigenvalue weighted by Crippen LogP contribution is -2.30. The quantitative estimate of drug-likeness (QED) is 0.450. The molecular weight excluding hydrogens is 391 g/mol. The molecule has 9 nitrogen and oxygen atoms in total. The van der Waals surface area contributed by atoms with Crippen molar-refractivity contribution < 1.29 is 14.1 Å². The number of hydrazine groups is 1. The highest BCUT2D eigenvalue weighted by molar-refractivity contribution is 5.95. The molecule has 154 valence electrons. The summed E-state index contributed by atoms with van der Waals surface area (Å²) in [5.41, 5.74) is 6.33. The van der Waals surface area contributed by atoms with Crippen LogP contribution in [0.15, 0.2) is 54.9 Å². The molecule has 0 bridgehead atoms. The third-order valence-corrected chi connectivity index (χ3v) is 4.27. The second kappa shape index (κ2) is 8.95. The van der Waals surface area contributed by atoms with Gasteiger partial charge in [-0.05, 0) is 55.8 Å². The van der Waals surface area contributed by atoms with Gasteiger partial charge in [0.05, 0.1) is 4.92 Å². The van der Waals surface area contributed by atoms with Crippen LogP contribution >= 0.6 is 0 Å². The Bertz CT molecular complexity index is 1070. The lowest BCUT2D eigenvalue weighted by molar-refractivity contribution is -0.383. The number of halogens is 1. The fourth-order valence-electron chi connectivity index (χ4n) is 2.87. The van der Waals surface area contributed by atoms with E-state index in [2.05, 4.69) is 20.8 Å². The third-order valence-electron chi connectivity index (χ3n) is 4.27.